The van der Waals surface area contributed by atoms with Gasteiger partial charge in [0.1, 0.15) is 0 Å². The van der Waals surface area contributed by atoms with E-state index in [1.165, 1.54) is 31.2 Å². The third kappa shape index (κ3) is 4.35. The van der Waals surface area contributed by atoms with E-state index in [-0.39, 0.29) is 0 Å². The highest BCUT2D eigenvalue weighted by Crippen LogP contribution is 2.11. The van der Waals surface area contributed by atoms with Crippen molar-refractivity contribution in [1.82, 2.24) is 14.9 Å². The van der Waals surface area contributed by atoms with Crippen molar-refractivity contribution in [1.29, 1.82) is 0 Å². The van der Waals surface area contributed by atoms with E-state index in [9.17, 15) is 0 Å². The van der Waals surface area contributed by atoms with Gasteiger partial charge in [0.2, 0.25) is 0 Å². The molecule has 0 atom stereocenters. The molecule has 0 saturated carbocycles. The van der Waals surface area contributed by atoms with Crippen molar-refractivity contribution in [2.45, 2.75) is 45.6 Å². The third-order valence-corrected chi connectivity index (χ3v) is 3.49. The molecule has 1 N–H and O–H groups in total. The Morgan fingerprint density at radius 3 is 2.79 bits per heavy atom. The molecule has 0 saturated heterocycles. The summed E-state index contributed by atoms with van der Waals surface area (Å²) >= 11 is 0. The Morgan fingerprint density at radius 1 is 1.05 bits per heavy atom. The molecule has 3 heteroatoms. The van der Waals surface area contributed by atoms with Gasteiger partial charge in [-0.3, -0.25) is 0 Å². The maximum atomic E-state index is 4.41. The molecule has 2 rings (SSSR count). The number of hydrogen-bond acceptors (Lipinski definition) is 2. The van der Waals surface area contributed by atoms with E-state index < -0.39 is 0 Å². The Labute approximate surface area is 116 Å². The summed E-state index contributed by atoms with van der Waals surface area (Å²) in [4.78, 5) is 4.41. The van der Waals surface area contributed by atoms with E-state index in [0.29, 0.717) is 0 Å². The second kappa shape index (κ2) is 7.95. The molecule has 0 radical (unpaired) electrons. The SMILES string of the molecule is CCCCCCNCCCn1cnc2ccccc21. The van der Waals surface area contributed by atoms with Crippen molar-refractivity contribution < 1.29 is 0 Å². The first-order valence-electron chi connectivity index (χ1n) is 7.52. The fourth-order valence-corrected chi connectivity index (χ4v) is 2.36. The van der Waals surface area contributed by atoms with E-state index >= 15 is 0 Å². The Hall–Kier alpha value is -1.35. The molecule has 0 aliphatic heterocycles. The fourth-order valence-electron chi connectivity index (χ4n) is 2.36. The van der Waals surface area contributed by atoms with Crippen LogP contribution in [0.15, 0.2) is 30.6 Å². The van der Waals surface area contributed by atoms with E-state index in [0.717, 1.165) is 31.6 Å². The van der Waals surface area contributed by atoms with Crippen molar-refractivity contribution in [2.24, 2.45) is 0 Å². The van der Waals surface area contributed by atoms with Crippen molar-refractivity contribution in [3.05, 3.63) is 30.6 Å². The predicted octanol–water partition coefficient (Wildman–Crippen LogP) is 3.60. The molecule has 2 aromatic rings. The van der Waals surface area contributed by atoms with Crippen molar-refractivity contribution in [3.63, 3.8) is 0 Å². The first kappa shape index (κ1) is 14.1. The number of para-hydroxylation sites is 2. The van der Waals surface area contributed by atoms with Crippen LogP contribution >= 0.6 is 0 Å². The van der Waals surface area contributed by atoms with Crippen LogP contribution in [-0.4, -0.2) is 22.6 Å². The minimum Gasteiger partial charge on any atom is -0.331 e. The first-order valence-corrected chi connectivity index (χ1v) is 7.52. The van der Waals surface area contributed by atoms with Gasteiger partial charge in [0.05, 0.1) is 17.4 Å². The van der Waals surface area contributed by atoms with Gasteiger partial charge in [0.15, 0.2) is 0 Å². The van der Waals surface area contributed by atoms with E-state index in [4.69, 9.17) is 0 Å². The number of unbranched alkanes of at least 4 members (excludes halogenated alkanes) is 3. The summed E-state index contributed by atoms with van der Waals surface area (Å²) in [6.45, 7) is 5.55. The summed E-state index contributed by atoms with van der Waals surface area (Å²) < 4.78 is 2.24. The van der Waals surface area contributed by atoms with Gasteiger partial charge in [0.25, 0.3) is 0 Å². The Morgan fingerprint density at radius 2 is 1.89 bits per heavy atom. The quantitative estimate of drug-likeness (QED) is 0.697. The number of aromatic nitrogens is 2. The van der Waals surface area contributed by atoms with Crippen LogP contribution in [0.3, 0.4) is 0 Å². The summed E-state index contributed by atoms with van der Waals surface area (Å²) in [5, 5.41) is 3.52. The lowest BCUT2D eigenvalue weighted by molar-refractivity contribution is 0.558. The highest BCUT2D eigenvalue weighted by molar-refractivity contribution is 5.74. The van der Waals surface area contributed by atoms with Gasteiger partial charge in [-0.25, -0.2) is 4.98 Å². The Bertz CT molecular complexity index is 476. The lowest BCUT2D eigenvalue weighted by Crippen LogP contribution is -2.18. The number of nitrogens with one attached hydrogen (secondary N) is 1. The maximum absolute atomic E-state index is 4.41. The van der Waals surface area contributed by atoms with E-state index in [1.807, 2.05) is 12.4 Å². The molecule has 1 aromatic carbocycles. The van der Waals surface area contributed by atoms with Gasteiger partial charge < -0.3 is 9.88 Å². The number of hydrogen-bond donors (Lipinski definition) is 1. The lowest BCUT2D eigenvalue weighted by Gasteiger charge is -2.06. The van der Waals surface area contributed by atoms with Crippen LogP contribution < -0.4 is 5.32 Å². The molecule has 0 amide bonds. The number of nitrogens with zero attached hydrogens (tertiary/aromatic N) is 2. The van der Waals surface area contributed by atoms with Crippen LogP contribution in [0, 0.1) is 0 Å². The predicted molar refractivity (Wildman–Crippen MR) is 81.4 cm³/mol. The van der Waals surface area contributed by atoms with Gasteiger partial charge in [0, 0.05) is 6.54 Å². The fraction of sp³-hybridized carbons (Fsp3) is 0.562. The second-order valence-corrected chi connectivity index (χ2v) is 5.09. The topological polar surface area (TPSA) is 29.9 Å². The zero-order valence-corrected chi connectivity index (χ0v) is 11.9. The zero-order valence-electron chi connectivity index (χ0n) is 11.9. The van der Waals surface area contributed by atoms with Gasteiger partial charge in [-0.15, -0.1) is 0 Å². The molecular weight excluding hydrogens is 234 g/mol. The maximum Gasteiger partial charge on any atom is 0.0958 e. The molecule has 19 heavy (non-hydrogen) atoms. The van der Waals surface area contributed by atoms with Crippen LogP contribution in [0.2, 0.25) is 0 Å². The molecule has 0 spiro atoms. The normalized spacial score (nSPS) is 11.2. The van der Waals surface area contributed by atoms with Gasteiger partial charge in [-0.2, -0.15) is 0 Å². The number of aryl methyl sites for hydroxylation is 1. The average Bonchev–Trinajstić information content (AvgIpc) is 2.85. The smallest absolute Gasteiger partial charge is 0.0958 e. The summed E-state index contributed by atoms with van der Waals surface area (Å²) in [5.41, 5.74) is 2.33. The monoisotopic (exact) mass is 259 g/mol. The summed E-state index contributed by atoms with van der Waals surface area (Å²) in [7, 11) is 0. The molecule has 1 aromatic heterocycles. The Balaban J connectivity index is 1.63. The third-order valence-electron chi connectivity index (χ3n) is 3.49. The molecule has 0 bridgehead atoms. The summed E-state index contributed by atoms with van der Waals surface area (Å²) in [5.74, 6) is 0. The van der Waals surface area contributed by atoms with Crippen LogP contribution in [0.5, 0.6) is 0 Å². The van der Waals surface area contributed by atoms with Crippen molar-refractivity contribution in [2.75, 3.05) is 13.1 Å². The standard InChI is InChI=1S/C16H25N3/c1-2-3-4-7-11-17-12-8-13-19-14-18-15-9-5-6-10-16(15)19/h5-6,9-10,14,17H,2-4,7-8,11-13H2,1H3. The summed E-state index contributed by atoms with van der Waals surface area (Å²) in [6.07, 6.45) is 8.45. The highest BCUT2D eigenvalue weighted by atomic mass is 15.0. The van der Waals surface area contributed by atoms with Crippen LogP contribution in [-0.2, 0) is 6.54 Å². The largest absolute Gasteiger partial charge is 0.331 e. The summed E-state index contributed by atoms with van der Waals surface area (Å²) in [6, 6.07) is 8.32. The number of benzene rings is 1. The minimum atomic E-state index is 1.04. The van der Waals surface area contributed by atoms with Gasteiger partial charge in [-0.05, 0) is 38.1 Å². The molecule has 0 fully saturated rings. The molecular formula is C16H25N3. The first-order chi connectivity index (χ1) is 9.42. The minimum absolute atomic E-state index is 1.04. The molecule has 0 aliphatic rings. The van der Waals surface area contributed by atoms with Crippen molar-refractivity contribution in [3.8, 4) is 0 Å². The highest BCUT2D eigenvalue weighted by Gasteiger charge is 2.00. The van der Waals surface area contributed by atoms with Crippen LogP contribution in [0.1, 0.15) is 39.0 Å². The second-order valence-electron chi connectivity index (χ2n) is 5.09. The molecule has 0 unspecified atom stereocenters. The molecule has 3 nitrogen and oxygen atoms in total. The number of imidazole rings is 1. The molecule has 0 aliphatic carbocycles. The number of rotatable bonds is 9. The molecule has 1 heterocycles. The van der Waals surface area contributed by atoms with Gasteiger partial charge in [-0.1, -0.05) is 38.3 Å². The Kier molecular flexibility index (Phi) is 5.89. The zero-order chi connectivity index (χ0) is 13.3. The van der Waals surface area contributed by atoms with E-state index in [2.05, 4.69) is 40.0 Å². The number of fused-ring (bicyclic) bond motifs is 1. The van der Waals surface area contributed by atoms with E-state index in [1.54, 1.807) is 0 Å². The average molecular weight is 259 g/mol. The molecule has 104 valence electrons. The van der Waals surface area contributed by atoms with Gasteiger partial charge >= 0.3 is 0 Å². The van der Waals surface area contributed by atoms with Crippen LogP contribution in [0.25, 0.3) is 11.0 Å². The van der Waals surface area contributed by atoms with Crippen molar-refractivity contribution >= 4 is 11.0 Å². The lowest BCUT2D eigenvalue weighted by atomic mass is 10.2. The van der Waals surface area contributed by atoms with Crippen LogP contribution in [0.4, 0.5) is 0 Å².